The van der Waals surface area contributed by atoms with Crippen molar-refractivity contribution in [1.29, 1.82) is 0 Å². The van der Waals surface area contributed by atoms with E-state index < -0.39 is 0 Å². The molecule has 0 aliphatic carbocycles. The summed E-state index contributed by atoms with van der Waals surface area (Å²) in [6.07, 6.45) is 7.50. The first-order valence-corrected chi connectivity index (χ1v) is 8.29. The van der Waals surface area contributed by atoms with Crippen LogP contribution in [-0.4, -0.2) is 37.5 Å². The number of fused-ring (bicyclic) bond motifs is 1. The van der Waals surface area contributed by atoms with Gasteiger partial charge in [-0.25, -0.2) is 14.2 Å². The van der Waals surface area contributed by atoms with E-state index in [2.05, 4.69) is 20.1 Å². The predicted octanol–water partition coefficient (Wildman–Crippen LogP) is 1.51. The Hall–Kier alpha value is -2.70. The Labute approximate surface area is 139 Å². The van der Waals surface area contributed by atoms with E-state index in [0.717, 1.165) is 43.0 Å². The Morgan fingerprint density at radius 1 is 1.17 bits per heavy atom. The normalized spacial score (nSPS) is 16.0. The zero-order chi connectivity index (χ0) is 16.5. The molecule has 0 aromatic carbocycles. The van der Waals surface area contributed by atoms with E-state index in [-0.39, 0.29) is 5.56 Å². The lowest BCUT2D eigenvalue weighted by Crippen LogP contribution is -2.37. The zero-order valence-electron chi connectivity index (χ0n) is 13.7. The number of hydrogen-bond acceptors (Lipinski definition) is 5. The van der Waals surface area contributed by atoms with Gasteiger partial charge in [0.1, 0.15) is 5.52 Å². The number of rotatable bonds is 3. The molecule has 0 spiro atoms. The molecule has 1 saturated heterocycles. The number of hydrogen-bond donors (Lipinski definition) is 0. The van der Waals surface area contributed by atoms with Gasteiger partial charge in [-0.05, 0) is 37.8 Å². The Morgan fingerprint density at radius 3 is 2.83 bits per heavy atom. The standard InChI is InChI=1S/C17H20N6O/c1-13-2-3-16(24)23(20-13)12-14-5-9-21(10-6-14)17-15-4-7-19-22(15)11-8-18-17/h2-4,7-8,11,14H,5-6,9-10,12H2,1H3. The molecule has 0 bridgehead atoms. The van der Waals surface area contributed by atoms with Crippen LogP contribution in [0.3, 0.4) is 0 Å². The number of aryl methyl sites for hydroxylation is 1. The van der Waals surface area contributed by atoms with Crippen LogP contribution in [0.4, 0.5) is 5.82 Å². The van der Waals surface area contributed by atoms with Crippen LogP contribution in [0.5, 0.6) is 0 Å². The lowest BCUT2D eigenvalue weighted by Gasteiger charge is -2.33. The molecule has 3 aromatic heterocycles. The molecule has 1 aliphatic rings. The summed E-state index contributed by atoms with van der Waals surface area (Å²) in [5.41, 5.74) is 1.89. The molecule has 3 aromatic rings. The van der Waals surface area contributed by atoms with E-state index >= 15 is 0 Å². The SMILES string of the molecule is Cc1ccc(=O)n(CC2CCN(c3nccn4nccc34)CC2)n1. The monoisotopic (exact) mass is 324 g/mol. The van der Waals surface area contributed by atoms with Gasteiger partial charge in [-0.3, -0.25) is 4.79 Å². The summed E-state index contributed by atoms with van der Waals surface area (Å²) >= 11 is 0. The molecule has 0 unspecified atom stereocenters. The lowest BCUT2D eigenvalue weighted by atomic mass is 9.97. The van der Waals surface area contributed by atoms with E-state index in [1.165, 1.54) is 0 Å². The van der Waals surface area contributed by atoms with Crippen molar-refractivity contribution < 1.29 is 0 Å². The predicted molar refractivity (Wildman–Crippen MR) is 91.2 cm³/mol. The summed E-state index contributed by atoms with van der Waals surface area (Å²) in [5, 5.41) is 8.61. The average molecular weight is 324 g/mol. The van der Waals surface area contributed by atoms with Crippen molar-refractivity contribution in [2.45, 2.75) is 26.3 Å². The molecule has 0 radical (unpaired) electrons. The molecular formula is C17H20N6O. The maximum absolute atomic E-state index is 11.9. The van der Waals surface area contributed by atoms with Crippen LogP contribution in [0.2, 0.25) is 0 Å². The first kappa shape index (κ1) is 14.9. The molecule has 7 nitrogen and oxygen atoms in total. The smallest absolute Gasteiger partial charge is 0.266 e. The quantitative estimate of drug-likeness (QED) is 0.730. The highest BCUT2D eigenvalue weighted by atomic mass is 16.1. The van der Waals surface area contributed by atoms with Gasteiger partial charge in [0, 0.05) is 38.1 Å². The largest absolute Gasteiger partial charge is 0.355 e. The van der Waals surface area contributed by atoms with Crippen LogP contribution in [0, 0.1) is 12.8 Å². The highest BCUT2D eigenvalue weighted by molar-refractivity contribution is 5.68. The van der Waals surface area contributed by atoms with Crippen LogP contribution >= 0.6 is 0 Å². The second-order valence-electron chi connectivity index (χ2n) is 6.34. The second-order valence-corrected chi connectivity index (χ2v) is 6.34. The summed E-state index contributed by atoms with van der Waals surface area (Å²) in [6, 6.07) is 5.35. The maximum Gasteiger partial charge on any atom is 0.266 e. The van der Waals surface area contributed by atoms with Gasteiger partial charge in [-0.15, -0.1) is 0 Å². The van der Waals surface area contributed by atoms with Gasteiger partial charge in [0.05, 0.1) is 11.9 Å². The third-order valence-electron chi connectivity index (χ3n) is 4.65. The van der Waals surface area contributed by atoms with Gasteiger partial charge in [-0.2, -0.15) is 10.2 Å². The van der Waals surface area contributed by atoms with E-state index in [9.17, 15) is 4.79 Å². The van der Waals surface area contributed by atoms with E-state index in [0.29, 0.717) is 12.5 Å². The Kier molecular flexibility index (Phi) is 3.76. The number of nitrogens with zero attached hydrogens (tertiary/aromatic N) is 6. The molecule has 0 amide bonds. The number of aromatic nitrogens is 5. The van der Waals surface area contributed by atoms with Crippen LogP contribution in [0.25, 0.3) is 5.52 Å². The van der Waals surface area contributed by atoms with Crippen LogP contribution in [-0.2, 0) is 6.54 Å². The fraction of sp³-hybridized carbons (Fsp3) is 0.412. The first-order valence-electron chi connectivity index (χ1n) is 8.29. The average Bonchev–Trinajstić information content (AvgIpc) is 3.08. The van der Waals surface area contributed by atoms with E-state index in [1.54, 1.807) is 29.2 Å². The summed E-state index contributed by atoms with van der Waals surface area (Å²) in [6.45, 7) is 4.47. The first-order chi connectivity index (χ1) is 11.7. The van der Waals surface area contributed by atoms with Crippen LogP contribution in [0.15, 0.2) is 41.6 Å². The van der Waals surface area contributed by atoms with Crippen molar-refractivity contribution >= 4 is 11.3 Å². The molecule has 1 aliphatic heterocycles. The minimum atomic E-state index is -0.0197. The Balaban J connectivity index is 1.46. The van der Waals surface area contributed by atoms with Gasteiger partial charge in [-0.1, -0.05) is 0 Å². The van der Waals surface area contributed by atoms with Gasteiger partial charge in [0.2, 0.25) is 0 Å². The Morgan fingerprint density at radius 2 is 2.00 bits per heavy atom. The third kappa shape index (κ3) is 2.77. The molecule has 4 heterocycles. The number of anilines is 1. The number of piperidine rings is 1. The maximum atomic E-state index is 11.9. The minimum absolute atomic E-state index is 0.0197. The van der Waals surface area contributed by atoms with Crippen molar-refractivity contribution in [1.82, 2.24) is 24.4 Å². The van der Waals surface area contributed by atoms with Gasteiger partial charge >= 0.3 is 0 Å². The van der Waals surface area contributed by atoms with Crippen molar-refractivity contribution in [3.8, 4) is 0 Å². The van der Waals surface area contributed by atoms with Crippen LogP contribution < -0.4 is 10.5 Å². The van der Waals surface area contributed by atoms with Gasteiger partial charge in [0.25, 0.3) is 5.56 Å². The summed E-state index contributed by atoms with van der Waals surface area (Å²) in [7, 11) is 0. The zero-order valence-corrected chi connectivity index (χ0v) is 13.7. The van der Waals surface area contributed by atoms with Crippen molar-refractivity contribution in [2.75, 3.05) is 18.0 Å². The van der Waals surface area contributed by atoms with Crippen LogP contribution in [0.1, 0.15) is 18.5 Å². The van der Waals surface area contributed by atoms with E-state index in [4.69, 9.17) is 0 Å². The highest BCUT2D eigenvalue weighted by Crippen LogP contribution is 2.25. The fourth-order valence-corrected chi connectivity index (χ4v) is 3.34. The topological polar surface area (TPSA) is 68.3 Å². The van der Waals surface area contributed by atoms with Crippen molar-refractivity contribution in [2.24, 2.45) is 5.92 Å². The molecule has 0 N–H and O–H groups in total. The van der Waals surface area contributed by atoms with E-state index in [1.807, 2.05) is 23.7 Å². The Bertz CT molecular complexity index is 907. The minimum Gasteiger partial charge on any atom is -0.355 e. The molecule has 124 valence electrons. The molecule has 7 heteroatoms. The molecule has 24 heavy (non-hydrogen) atoms. The van der Waals surface area contributed by atoms with Crippen molar-refractivity contribution in [3.63, 3.8) is 0 Å². The second kappa shape index (κ2) is 6.07. The third-order valence-corrected chi connectivity index (χ3v) is 4.65. The summed E-state index contributed by atoms with van der Waals surface area (Å²) < 4.78 is 3.45. The summed E-state index contributed by atoms with van der Waals surface area (Å²) in [4.78, 5) is 18.8. The summed E-state index contributed by atoms with van der Waals surface area (Å²) in [5.74, 6) is 1.46. The van der Waals surface area contributed by atoms with Gasteiger partial charge < -0.3 is 4.90 Å². The lowest BCUT2D eigenvalue weighted by molar-refractivity contribution is 0.333. The molecular weight excluding hydrogens is 304 g/mol. The molecule has 0 saturated carbocycles. The fourth-order valence-electron chi connectivity index (χ4n) is 3.34. The highest BCUT2D eigenvalue weighted by Gasteiger charge is 2.22. The molecule has 1 fully saturated rings. The van der Waals surface area contributed by atoms with Crippen molar-refractivity contribution in [3.05, 3.63) is 52.8 Å². The molecule has 4 rings (SSSR count). The van der Waals surface area contributed by atoms with Gasteiger partial charge in [0.15, 0.2) is 5.82 Å². The molecule has 0 atom stereocenters.